The van der Waals surface area contributed by atoms with Gasteiger partial charge in [-0.25, -0.2) is 4.98 Å². The predicted molar refractivity (Wildman–Crippen MR) is 129 cm³/mol. The molecule has 1 saturated heterocycles. The van der Waals surface area contributed by atoms with Crippen LogP contribution in [0.3, 0.4) is 0 Å². The van der Waals surface area contributed by atoms with E-state index >= 15 is 0 Å². The summed E-state index contributed by atoms with van der Waals surface area (Å²) in [6, 6.07) is 6.16. The highest BCUT2D eigenvalue weighted by Crippen LogP contribution is 2.32. The number of nitrogens with one attached hydrogen (secondary N) is 1. The molecule has 1 aliphatic heterocycles. The van der Waals surface area contributed by atoms with Crippen LogP contribution >= 0.6 is 0 Å². The number of allylic oxidation sites excluding steroid dienone is 1. The minimum atomic E-state index is 0.762. The Labute approximate surface area is 186 Å². The van der Waals surface area contributed by atoms with Crippen molar-refractivity contribution in [1.29, 1.82) is 0 Å². The first-order chi connectivity index (χ1) is 15.1. The summed E-state index contributed by atoms with van der Waals surface area (Å²) in [6.07, 6.45) is 9.71. The van der Waals surface area contributed by atoms with Crippen LogP contribution in [0.2, 0.25) is 0 Å². The molecule has 0 bridgehead atoms. The molecule has 31 heavy (non-hydrogen) atoms. The van der Waals surface area contributed by atoms with E-state index in [9.17, 15) is 0 Å². The van der Waals surface area contributed by atoms with Crippen LogP contribution in [0.25, 0.3) is 17.2 Å². The number of nitrogens with zero attached hydrogens (tertiary/aromatic N) is 4. The summed E-state index contributed by atoms with van der Waals surface area (Å²) >= 11 is 0. The van der Waals surface area contributed by atoms with Crippen molar-refractivity contribution in [2.24, 2.45) is 0 Å². The largest absolute Gasteiger partial charge is 0.378 e. The maximum absolute atomic E-state index is 5.46. The first-order valence-electron chi connectivity index (χ1n) is 10.9. The summed E-state index contributed by atoms with van der Waals surface area (Å²) in [5.74, 6) is 1.03. The lowest BCUT2D eigenvalue weighted by Crippen LogP contribution is -2.36. The molecule has 6 heteroatoms. The SMILES string of the molecule is C/C=C\c1c(-c2cnccc2C)cc(N2CCOCC2)nc1C.CC.Cc1ccn[nH]1. The summed E-state index contributed by atoms with van der Waals surface area (Å²) in [4.78, 5) is 11.4. The van der Waals surface area contributed by atoms with E-state index in [1.165, 1.54) is 22.3 Å². The fraction of sp³-hybridized carbons (Fsp3) is 0.400. The topological polar surface area (TPSA) is 66.9 Å². The quantitative estimate of drug-likeness (QED) is 0.615. The highest BCUT2D eigenvalue weighted by molar-refractivity contribution is 5.80. The average molecular weight is 422 g/mol. The number of hydrogen-bond donors (Lipinski definition) is 1. The maximum Gasteiger partial charge on any atom is 0.129 e. The van der Waals surface area contributed by atoms with Crippen LogP contribution in [-0.4, -0.2) is 46.5 Å². The molecular weight excluding hydrogens is 386 g/mol. The highest BCUT2D eigenvalue weighted by Gasteiger charge is 2.17. The second-order valence-electron chi connectivity index (χ2n) is 7.06. The van der Waals surface area contributed by atoms with E-state index in [0.29, 0.717) is 0 Å². The Morgan fingerprint density at radius 3 is 2.32 bits per heavy atom. The smallest absolute Gasteiger partial charge is 0.129 e. The van der Waals surface area contributed by atoms with Gasteiger partial charge in [-0.15, -0.1) is 0 Å². The molecule has 6 nitrogen and oxygen atoms in total. The zero-order valence-corrected chi connectivity index (χ0v) is 19.6. The van der Waals surface area contributed by atoms with E-state index in [2.05, 4.69) is 58.2 Å². The van der Waals surface area contributed by atoms with Gasteiger partial charge in [-0.05, 0) is 57.0 Å². The molecule has 1 aliphatic rings. The number of rotatable bonds is 3. The van der Waals surface area contributed by atoms with E-state index in [4.69, 9.17) is 9.72 Å². The molecule has 0 spiro atoms. The molecule has 1 fully saturated rings. The molecule has 0 atom stereocenters. The van der Waals surface area contributed by atoms with Crippen molar-refractivity contribution < 1.29 is 4.74 Å². The van der Waals surface area contributed by atoms with Crippen molar-refractivity contribution in [3.63, 3.8) is 0 Å². The number of morpholine rings is 1. The normalized spacial score (nSPS) is 13.3. The third-order valence-corrected chi connectivity index (χ3v) is 4.87. The van der Waals surface area contributed by atoms with Gasteiger partial charge in [0, 0.05) is 54.2 Å². The van der Waals surface area contributed by atoms with E-state index in [-0.39, 0.29) is 0 Å². The van der Waals surface area contributed by atoms with Gasteiger partial charge < -0.3 is 9.64 Å². The molecule has 0 amide bonds. The number of H-pyrrole nitrogens is 1. The van der Waals surface area contributed by atoms with Crippen molar-refractivity contribution in [3.05, 3.63) is 65.4 Å². The van der Waals surface area contributed by atoms with Crippen molar-refractivity contribution in [2.75, 3.05) is 31.2 Å². The van der Waals surface area contributed by atoms with Crippen molar-refractivity contribution in [2.45, 2.75) is 41.5 Å². The van der Waals surface area contributed by atoms with Crippen molar-refractivity contribution in [1.82, 2.24) is 20.2 Å². The second-order valence-corrected chi connectivity index (χ2v) is 7.06. The van der Waals surface area contributed by atoms with Crippen molar-refractivity contribution >= 4 is 11.9 Å². The third-order valence-electron chi connectivity index (χ3n) is 4.87. The Kier molecular flexibility index (Phi) is 9.91. The number of anilines is 1. The Hall–Kier alpha value is -2.99. The first-order valence-corrected chi connectivity index (χ1v) is 10.9. The Morgan fingerprint density at radius 1 is 1.03 bits per heavy atom. The summed E-state index contributed by atoms with van der Waals surface area (Å²) in [5.41, 5.74) is 6.91. The van der Waals surface area contributed by atoms with E-state index in [1.54, 1.807) is 6.20 Å². The predicted octanol–water partition coefficient (Wildman–Crippen LogP) is 5.37. The number of aromatic amines is 1. The first kappa shape index (κ1) is 24.3. The molecule has 0 radical (unpaired) electrons. The Balaban J connectivity index is 0.000000363. The monoisotopic (exact) mass is 421 g/mol. The maximum atomic E-state index is 5.46. The van der Waals surface area contributed by atoms with Gasteiger partial charge in [-0.2, -0.15) is 5.10 Å². The van der Waals surface area contributed by atoms with Crippen LogP contribution in [0.4, 0.5) is 5.82 Å². The number of ether oxygens (including phenoxy) is 1. The van der Waals surface area contributed by atoms with Gasteiger partial charge in [-0.3, -0.25) is 10.1 Å². The number of hydrogen-bond acceptors (Lipinski definition) is 5. The molecule has 0 saturated carbocycles. The number of aromatic nitrogens is 4. The van der Waals surface area contributed by atoms with Gasteiger partial charge in [-0.1, -0.05) is 26.0 Å². The molecule has 3 aromatic rings. The summed E-state index contributed by atoms with van der Waals surface area (Å²) in [7, 11) is 0. The van der Waals surface area contributed by atoms with Gasteiger partial charge in [0.15, 0.2) is 0 Å². The Morgan fingerprint density at radius 2 is 1.77 bits per heavy atom. The van der Waals surface area contributed by atoms with Gasteiger partial charge >= 0.3 is 0 Å². The van der Waals surface area contributed by atoms with Gasteiger partial charge in [0.05, 0.1) is 13.2 Å². The zero-order chi connectivity index (χ0) is 22.6. The fourth-order valence-corrected chi connectivity index (χ4v) is 3.29. The van der Waals surface area contributed by atoms with E-state index in [1.807, 2.05) is 46.2 Å². The molecule has 166 valence electrons. The average Bonchev–Trinajstić information content (AvgIpc) is 3.29. The van der Waals surface area contributed by atoms with Crippen LogP contribution in [0.15, 0.2) is 42.9 Å². The van der Waals surface area contributed by atoms with Crippen LogP contribution < -0.4 is 4.90 Å². The lowest BCUT2D eigenvalue weighted by molar-refractivity contribution is 0.122. The van der Waals surface area contributed by atoms with Gasteiger partial charge in [0.2, 0.25) is 0 Å². The molecule has 3 aromatic heterocycles. The zero-order valence-electron chi connectivity index (χ0n) is 19.6. The number of pyridine rings is 2. The van der Waals surface area contributed by atoms with Crippen molar-refractivity contribution in [3.8, 4) is 11.1 Å². The van der Waals surface area contributed by atoms with Crippen LogP contribution in [-0.2, 0) is 4.74 Å². The Bertz CT molecular complexity index is 945. The lowest BCUT2D eigenvalue weighted by atomic mass is 9.96. The standard InChI is InChI=1S/C19H23N3O.C4H6N2.C2H6/c1-4-5-16-15(3)21-19(22-8-10-23-11-9-22)12-17(16)18-13-20-7-6-14(18)2;1-4-2-3-5-6-4;1-2/h4-7,12-13H,8-11H2,1-3H3;2-3H,1H3,(H,5,6);1-2H3/b5-4-;;. The van der Waals surface area contributed by atoms with Crippen LogP contribution in [0, 0.1) is 20.8 Å². The molecule has 1 N–H and O–H groups in total. The summed E-state index contributed by atoms with van der Waals surface area (Å²) in [6.45, 7) is 15.5. The van der Waals surface area contributed by atoms with Gasteiger partial charge in [0.1, 0.15) is 5.82 Å². The fourth-order valence-electron chi connectivity index (χ4n) is 3.29. The van der Waals surface area contributed by atoms with Crippen LogP contribution in [0.5, 0.6) is 0 Å². The summed E-state index contributed by atoms with van der Waals surface area (Å²) < 4.78 is 5.46. The minimum Gasteiger partial charge on any atom is -0.378 e. The number of aryl methyl sites for hydroxylation is 3. The van der Waals surface area contributed by atoms with E-state index in [0.717, 1.165) is 43.5 Å². The molecule has 0 unspecified atom stereocenters. The van der Waals surface area contributed by atoms with E-state index < -0.39 is 0 Å². The summed E-state index contributed by atoms with van der Waals surface area (Å²) in [5, 5.41) is 6.45. The third kappa shape index (κ3) is 6.76. The molecule has 0 aromatic carbocycles. The second kappa shape index (κ2) is 12.6. The molecule has 4 rings (SSSR count). The van der Waals surface area contributed by atoms with Crippen LogP contribution in [0.1, 0.15) is 43.3 Å². The minimum absolute atomic E-state index is 0.762. The highest BCUT2D eigenvalue weighted by atomic mass is 16.5. The van der Waals surface area contributed by atoms with Gasteiger partial charge in [0.25, 0.3) is 0 Å². The molecule has 4 heterocycles. The molecular formula is C25H35N5O. The lowest BCUT2D eigenvalue weighted by Gasteiger charge is -2.29. The molecule has 0 aliphatic carbocycles.